The van der Waals surface area contributed by atoms with Gasteiger partial charge in [-0.3, -0.25) is 0 Å². The monoisotopic (exact) mass is 285 g/mol. The lowest BCUT2D eigenvalue weighted by Crippen LogP contribution is -2.40. The lowest BCUT2D eigenvalue weighted by molar-refractivity contribution is 0.202. The molecule has 90 valence electrons. The van der Waals surface area contributed by atoms with E-state index in [0.29, 0.717) is 5.92 Å². The summed E-state index contributed by atoms with van der Waals surface area (Å²) in [6, 6.07) is 8.01. The SMILES string of the molecule is CC(C)CC(C)(CO)Nc1cccc(Br)c1. The highest BCUT2D eigenvalue weighted by atomic mass is 79.9. The molecule has 0 bridgehead atoms. The molecule has 0 aliphatic carbocycles. The number of aliphatic hydroxyl groups excluding tert-OH is 1. The van der Waals surface area contributed by atoms with Crippen LogP contribution in [0.2, 0.25) is 0 Å². The number of anilines is 1. The van der Waals surface area contributed by atoms with E-state index in [1.165, 1.54) is 0 Å². The Kier molecular flexibility index (Phi) is 4.81. The van der Waals surface area contributed by atoms with Crippen LogP contribution in [0.4, 0.5) is 5.69 Å². The predicted molar refractivity (Wildman–Crippen MR) is 72.7 cm³/mol. The number of hydrogen-bond acceptors (Lipinski definition) is 2. The molecule has 0 spiro atoms. The molecule has 0 aromatic heterocycles. The molecule has 2 nitrogen and oxygen atoms in total. The van der Waals surface area contributed by atoms with Crippen molar-refractivity contribution in [3.05, 3.63) is 28.7 Å². The van der Waals surface area contributed by atoms with E-state index < -0.39 is 0 Å². The normalized spacial score (nSPS) is 14.9. The summed E-state index contributed by atoms with van der Waals surface area (Å²) in [6.45, 7) is 6.51. The lowest BCUT2D eigenvalue weighted by Gasteiger charge is -2.31. The van der Waals surface area contributed by atoms with Gasteiger partial charge in [0.1, 0.15) is 0 Å². The second-order valence-corrected chi connectivity index (χ2v) is 5.87. The molecule has 0 fully saturated rings. The second-order valence-electron chi connectivity index (χ2n) is 4.95. The van der Waals surface area contributed by atoms with Gasteiger partial charge in [0.25, 0.3) is 0 Å². The average Bonchev–Trinajstić information content (AvgIpc) is 2.16. The van der Waals surface area contributed by atoms with Crippen molar-refractivity contribution in [1.29, 1.82) is 0 Å². The molecule has 0 saturated heterocycles. The molecule has 1 atom stereocenters. The molecule has 0 aliphatic heterocycles. The Morgan fingerprint density at radius 1 is 1.44 bits per heavy atom. The zero-order chi connectivity index (χ0) is 12.2. The number of halogens is 1. The van der Waals surface area contributed by atoms with Crippen LogP contribution in [0.3, 0.4) is 0 Å². The third-order valence-corrected chi connectivity index (χ3v) is 2.97. The smallest absolute Gasteiger partial charge is 0.0658 e. The fraction of sp³-hybridized carbons (Fsp3) is 0.538. The Hall–Kier alpha value is -0.540. The number of aliphatic hydroxyl groups is 1. The minimum atomic E-state index is -0.255. The van der Waals surface area contributed by atoms with E-state index in [2.05, 4.69) is 35.1 Å². The summed E-state index contributed by atoms with van der Waals surface area (Å²) >= 11 is 3.44. The molecule has 0 aliphatic rings. The molecule has 1 aromatic rings. The first-order valence-electron chi connectivity index (χ1n) is 5.60. The minimum absolute atomic E-state index is 0.137. The van der Waals surface area contributed by atoms with Crippen molar-refractivity contribution in [2.24, 2.45) is 5.92 Å². The van der Waals surface area contributed by atoms with Gasteiger partial charge in [-0.05, 0) is 37.5 Å². The molecular formula is C13H20BrNO. The van der Waals surface area contributed by atoms with Gasteiger partial charge in [-0.15, -0.1) is 0 Å². The summed E-state index contributed by atoms with van der Waals surface area (Å²) in [4.78, 5) is 0. The van der Waals surface area contributed by atoms with Gasteiger partial charge in [0.05, 0.1) is 12.1 Å². The van der Waals surface area contributed by atoms with Crippen molar-refractivity contribution >= 4 is 21.6 Å². The van der Waals surface area contributed by atoms with Crippen LogP contribution < -0.4 is 5.32 Å². The third kappa shape index (κ3) is 4.14. The maximum absolute atomic E-state index is 9.49. The van der Waals surface area contributed by atoms with E-state index in [-0.39, 0.29) is 12.1 Å². The van der Waals surface area contributed by atoms with Crippen molar-refractivity contribution in [3.8, 4) is 0 Å². The molecule has 3 heteroatoms. The quantitative estimate of drug-likeness (QED) is 0.865. The van der Waals surface area contributed by atoms with Gasteiger partial charge in [-0.25, -0.2) is 0 Å². The molecule has 0 radical (unpaired) electrons. The van der Waals surface area contributed by atoms with Gasteiger partial charge < -0.3 is 10.4 Å². The van der Waals surface area contributed by atoms with E-state index in [1.54, 1.807) is 0 Å². The number of rotatable bonds is 5. The van der Waals surface area contributed by atoms with Gasteiger partial charge in [-0.2, -0.15) is 0 Å². The molecule has 0 heterocycles. The van der Waals surface area contributed by atoms with Crippen LogP contribution in [0.15, 0.2) is 28.7 Å². The first-order valence-corrected chi connectivity index (χ1v) is 6.39. The summed E-state index contributed by atoms with van der Waals surface area (Å²) < 4.78 is 1.04. The van der Waals surface area contributed by atoms with E-state index in [4.69, 9.17) is 0 Å². The van der Waals surface area contributed by atoms with Crippen molar-refractivity contribution < 1.29 is 5.11 Å². The van der Waals surface area contributed by atoms with E-state index in [9.17, 15) is 5.11 Å². The largest absolute Gasteiger partial charge is 0.394 e. The predicted octanol–water partition coefficient (Wildman–Crippen LogP) is 3.66. The summed E-state index contributed by atoms with van der Waals surface area (Å²) in [6.07, 6.45) is 0.940. The van der Waals surface area contributed by atoms with E-state index >= 15 is 0 Å². The summed E-state index contributed by atoms with van der Waals surface area (Å²) in [5, 5.41) is 12.9. The molecule has 1 rings (SSSR count). The summed E-state index contributed by atoms with van der Waals surface area (Å²) in [5.74, 6) is 0.553. The Morgan fingerprint density at radius 2 is 2.12 bits per heavy atom. The van der Waals surface area contributed by atoms with Gasteiger partial charge in [-0.1, -0.05) is 35.8 Å². The maximum atomic E-state index is 9.49. The van der Waals surface area contributed by atoms with Crippen molar-refractivity contribution in [1.82, 2.24) is 0 Å². The Morgan fingerprint density at radius 3 is 2.62 bits per heavy atom. The molecule has 1 aromatic carbocycles. The molecule has 2 N–H and O–H groups in total. The number of nitrogens with one attached hydrogen (secondary N) is 1. The van der Waals surface area contributed by atoms with Gasteiger partial charge in [0, 0.05) is 10.2 Å². The third-order valence-electron chi connectivity index (χ3n) is 2.48. The van der Waals surface area contributed by atoms with Crippen molar-refractivity contribution in [2.45, 2.75) is 32.7 Å². The van der Waals surface area contributed by atoms with Gasteiger partial charge in [0.15, 0.2) is 0 Å². The Bertz CT molecular complexity index is 340. The fourth-order valence-electron chi connectivity index (χ4n) is 1.97. The zero-order valence-electron chi connectivity index (χ0n) is 10.1. The van der Waals surface area contributed by atoms with Crippen molar-refractivity contribution in [3.63, 3.8) is 0 Å². The Labute approximate surface area is 106 Å². The van der Waals surface area contributed by atoms with Crippen LogP contribution in [-0.2, 0) is 0 Å². The molecule has 1 unspecified atom stereocenters. The standard InChI is InChI=1S/C13H20BrNO/c1-10(2)8-13(3,9-16)15-12-6-4-5-11(14)7-12/h4-7,10,15-16H,8-9H2,1-3H3. The molecule has 0 saturated carbocycles. The summed E-state index contributed by atoms with van der Waals surface area (Å²) in [7, 11) is 0. The van der Waals surface area contributed by atoms with Gasteiger partial charge in [0.2, 0.25) is 0 Å². The number of hydrogen-bond donors (Lipinski definition) is 2. The zero-order valence-corrected chi connectivity index (χ0v) is 11.7. The van der Waals surface area contributed by atoms with Crippen LogP contribution in [0.5, 0.6) is 0 Å². The average molecular weight is 286 g/mol. The maximum Gasteiger partial charge on any atom is 0.0658 e. The van der Waals surface area contributed by atoms with Crippen LogP contribution in [0, 0.1) is 5.92 Å². The molecular weight excluding hydrogens is 266 g/mol. The van der Waals surface area contributed by atoms with Crippen LogP contribution >= 0.6 is 15.9 Å². The van der Waals surface area contributed by atoms with Crippen LogP contribution in [0.1, 0.15) is 27.2 Å². The molecule has 16 heavy (non-hydrogen) atoms. The highest BCUT2D eigenvalue weighted by Gasteiger charge is 2.24. The summed E-state index contributed by atoms with van der Waals surface area (Å²) in [5.41, 5.74) is 0.779. The van der Waals surface area contributed by atoms with Crippen LogP contribution in [0.25, 0.3) is 0 Å². The minimum Gasteiger partial charge on any atom is -0.394 e. The first kappa shape index (κ1) is 13.5. The lowest BCUT2D eigenvalue weighted by atomic mass is 9.91. The first-order chi connectivity index (χ1) is 7.45. The Balaban J connectivity index is 2.76. The number of benzene rings is 1. The second kappa shape index (κ2) is 5.69. The topological polar surface area (TPSA) is 32.3 Å². The van der Waals surface area contributed by atoms with E-state index in [1.807, 2.05) is 31.2 Å². The van der Waals surface area contributed by atoms with Crippen molar-refractivity contribution in [2.75, 3.05) is 11.9 Å². The highest BCUT2D eigenvalue weighted by molar-refractivity contribution is 9.10. The molecule has 0 amide bonds. The van der Waals surface area contributed by atoms with Crippen LogP contribution in [-0.4, -0.2) is 17.3 Å². The van der Waals surface area contributed by atoms with E-state index in [0.717, 1.165) is 16.6 Å². The fourth-order valence-corrected chi connectivity index (χ4v) is 2.37. The van der Waals surface area contributed by atoms with Gasteiger partial charge >= 0.3 is 0 Å². The highest BCUT2D eigenvalue weighted by Crippen LogP contribution is 2.24.